The van der Waals surface area contributed by atoms with E-state index in [4.69, 9.17) is 5.73 Å². The predicted molar refractivity (Wildman–Crippen MR) is 92.1 cm³/mol. The molecule has 3 heterocycles. The summed E-state index contributed by atoms with van der Waals surface area (Å²) < 4.78 is 43.1. The van der Waals surface area contributed by atoms with Crippen molar-refractivity contribution in [1.29, 1.82) is 0 Å². The number of hydrogen-bond acceptors (Lipinski definition) is 6. The molecule has 0 aliphatic carbocycles. The van der Waals surface area contributed by atoms with Gasteiger partial charge in [-0.05, 0) is 30.3 Å². The maximum Gasteiger partial charge on any atom is 0.573 e. The summed E-state index contributed by atoms with van der Waals surface area (Å²) >= 11 is 0. The van der Waals surface area contributed by atoms with Crippen molar-refractivity contribution in [1.82, 2.24) is 25.1 Å². The standard InChI is InChI=1S/C17H13F3N6O2/c18-17(19,20)28-14-7-9(1-2-10(14)21)15-22-4-3-11(24-15)12-8-13-16(27)23-5-6-26(13)25-12/h1-4,7-8H,5-6,21H2,(H,23,27). The lowest BCUT2D eigenvalue weighted by Crippen LogP contribution is -2.35. The van der Waals surface area contributed by atoms with Crippen LogP contribution >= 0.6 is 0 Å². The zero-order valence-corrected chi connectivity index (χ0v) is 14.2. The highest BCUT2D eigenvalue weighted by atomic mass is 19.4. The molecule has 3 N–H and O–H groups in total. The highest BCUT2D eigenvalue weighted by Crippen LogP contribution is 2.32. The number of nitrogens with zero attached hydrogens (tertiary/aromatic N) is 4. The molecular formula is C17H13F3N6O2. The third-order valence-electron chi connectivity index (χ3n) is 4.04. The molecule has 4 rings (SSSR count). The molecule has 1 aliphatic rings. The van der Waals surface area contributed by atoms with Gasteiger partial charge in [-0.1, -0.05) is 0 Å². The van der Waals surface area contributed by atoms with Gasteiger partial charge in [0.1, 0.15) is 11.4 Å². The molecule has 3 aromatic rings. The van der Waals surface area contributed by atoms with Crippen LogP contribution in [0.15, 0.2) is 36.5 Å². The van der Waals surface area contributed by atoms with E-state index in [2.05, 4.69) is 25.1 Å². The average Bonchev–Trinajstić information content (AvgIpc) is 3.08. The number of hydrogen-bond donors (Lipinski definition) is 2. The van der Waals surface area contributed by atoms with Gasteiger partial charge in [-0.15, -0.1) is 13.2 Å². The van der Waals surface area contributed by atoms with Crippen LogP contribution in [-0.4, -0.2) is 38.6 Å². The molecule has 0 atom stereocenters. The largest absolute Gasteiger partial charge is 0.573 e. The fraction of sp³-hybridized carbons (Fsp3) is 0.176. The Morgan fingerprint density at radius 2 is 2.00 bits per heavy atom. The van der Waals surface area contributed by atoms with Gasteiger partial charge in [0.25, 0.3) is 5.91 Å². The van der Waals surface area contributed by atoms with Crippen LogP contribution in [0, 0.1) is 0 Å². The summed E-state index contributed by atoms with van der Waals surface area (Å²) in [6.45, 7) is 1.02. The minimum Gasteiger partial charge on any atom is -0.404 e. The van der Waals surface area contributed by atoms with Crippen molar-refractivity contribution in [3.05, 3.63) is 42.2 Å². The van der Waals surface area contributed by atoms with Crippen molar-refractivity contribution in [3.8, 4) is 28.5 Å². The summed E-state index contributed by atoms with van der Waals surface area (Å²) in [5.41, 5.74) is 6.97. The average molecular weight is 390 g/mol. The lowest BCUT2D eigenvalue weighted by Gasteiger charge is -2.13. The second kappa shape index (κ2) is 6.51. The van der Waals surface area contributed by atoms with Gasteiger partial charge in [-0.25, -0.2) is 9.97 Å². The Morgan fingerprint density at radius 1 is 1.18 bits per heavy atom. The van der Waals surface area contributed by atoms with Crippen LogP contribution in [0.2, 0.25) is 0 Å². The van der Waals surface area contributed by atoms with E-state index in [0.717, 1.165) is 6.07 Å². The quantitative estimate of drug-likeness (QED) is 0.664. The summed E-state index contributed by atoms with van der Waals surface area (Å²) in [7, 11) is 0. The van der Waals surface area contributed by atoms with Crippen LogP contribution in [0.3, 0.4) is 0 Å². The second-order valence-electron chi connectivity index (χ2n) is 5.96. The number of alkyl halides is 3. The van der Waals surface area contributed by atoms with E-state index in [1.165, 1.54) is 18.3 Å². The third kappa shape index (κ3) is 3.46. The second-order valence-corrected chi connectivity index (χ2v) is 5.96. The molecule has 0 spiro atoms. The maximum atomic E-state index is 12.5. The summed E-state index contributed by atoms with van der Waals surface area (Å²) in [4.78, 5) is 20.3. The Labute approximate surface area is 156 Å². The molecule has 144 valence electrons. The Kier molecular flexibility index (Phi) is 4.13. The molecule has 0 unspecified atom stereocenters. The fourth-order valence-corrected chi connectivity index (χ4v) is 2.79. The number of anilines is 1. The molecular weight excluding hydrogens is 377 g/mol. The van der Waals surface area contributed by atoms with Gasteiger partial charge in [0.05, 0.1) is 17.9 Å². The van der Waals surface area contributed by atoms with Gasteiger partial charge in [0.15, 0.2) is 11.6 Å². The van der Waals surface area contributed by atoms with E-state index in [1.807, 2.05) is 0 Å². The third-order valence-corrected chi connectivity index (χ3v) is 4.04. The highest BCUT2D eigenvalue weighted by Gasteiger charge is 2.32. The molecule has 28 heavy (non-hydrogen) atoms. The number of rotatable bonds is 3. The van der Waals surface area contributed by atoms with E-state index in [0.29, 0.717) is 30.2 Å². The molecule has 11 heteroatoms. The molecule has 0 radical (unpaired) electrons. The summed E-state index contributed by atoms with van der Waals surface area (Å²) in [5.74, 6) is -0.597. The minimum absolute atomic E-state index is 0.162. The van der Waals surface area contributed by atoms with Crippen LogP contribution in [0.5, 0.6) is 5.75 Å². The lowest BCUT2D eigenvalue weighted by molar-refractivity contribution is -0.274. The van der Waals surface area contributed by atoms with Crippen molar-refractivity contribution in [2.24, 2.45) is 0 Å². The Morgan fingerprint density at radius 3 is 2.75 bits per heavy atom. The number of fused-ring (bicyclic) bond motifs is 1. The molecule has 1 aliphatic heterocycles. The Balaban J connectivity index is 1.70. The topological polar surface area (TPSA) is 108 Å². The smallest absolute Gasteiger partial charge is 0.404 e. The molecule has 8 nitrogen and oxygen atoms in total. The number of carbonyl (C=O) groups excluding carboxylic acids is 1. The van der Waals surface area contributed by atoms with E-state index in [9.17, 15) is 18.0 Å². The van der Waals surface area contributed by atoms with E-state index in [1.54, 1.807) is 16.8 Å². The monoisotopic (exact) mass is 390 g/mol. The predicted octanol–water partition coefficient (Wildman–Crippen LogP) is 2.23. The Bertz CT molecular complexity index is 1060. The number of carbonyl (C=O) groups is 1. The number of halogens is 3. The number of nitrogen functional groups attached to an aromatic ring is 1. The van der Waals surface area contributed by atoms with Gasteiger partial charge in [-0.3, -0.25) is 9.48 Å². The van der Waals surface area contributed by atoms with Crippen LogP contribution in [0.4, 0.5) is 18.9 Å². The molecule has 1 aromatic carbocycles. The van der Waals surface area contributed by atoms with Crippen LogP contribution in [0.25, 0.3) is 22.8 Å². The zero-order chi connectivity index (χ0) is 19.9. The van der Waals surface area contributed by atoms with E-state index < -0.39 is 12.1 Å². The fourth-order valence-electron chi connectivity index (χ4n) is 2.79. The van der Waals surface area contributed by atoms with Crippen LogP contribution in [0.1, 0.15) is 10.5 Å². The van der Waals surface area contributed by atoms with Gasteiger partial charge in [0.2, 0.25) is 0 Å². The first-order chi connectivity index (χ1) is 13.3. The summed E-state index contributed by atoms with van der Waals surface area (Å²) in [6, 6.07) is 7.09. The van der Waals surface area contributed by atoms with Crippen molar-refractivity contribution in [2.45, 2.75) is 12.9 Å². The molecule has 1 amide bonds. The number of amides is 1. The lowest BCUT2D eigenvalue weighted by atomic mass is 10.1. The molecule has 0 fully saturated rings. The van der Waals surface area contributed by atoms with Gasteiger partial charge >= 0.3 is 6.36 Å². The first-order valence-corrected chi connectivity index (χ1v) is 8.15. The summed E-state index contributed by atoms with van der Waals surface area (Å²) in [6.07, 6.45) is -3.41. The van der Waals surface area contributed by atoms with Crippen LogP contribution < -0.4 is 15.8 Å². The van der Waals surface area contributed by atoms with Crippen molar-refractivity contribution >= 4 is 11.6 Å². The van der Waals surface area contributed by atoms with Gasteiger partial charge in [0, 0.05) is 18.3 Å². The van der Waals surface area contributed by atoms with Gasteiger partial charge < -0.3 is 15.8 Å². The molecule has 0 bridgehead atoms. The molecule has 0 saturated heterocycles. The first-order valence-electron chi connectivity index (χ1n) is 8.15. The zero-order valence-electron chi connectivity index (χ0n) is 14.2. The minimum atomic E-state index is -4.87. The van der Waals surface area contributed by atoms with Crippen molar-refractivity contribution in [3.63, 3.8) is 0 Å². The van der Waals surface area contributed by atoms with Crippen LogP contribution in [-0.2, 0) is 6.54 Å². The SMILES string of the molecule is Nc1ccc(-c2nccc(-c3cc4n(n3)CCNC4=O)n2)cc1OC(F)(F)F. The number of ether oxygens (including phenoxy) is 1. The number of aromatic nitrogens is 4. The van der Waals surface area contributed by atoms with Gasteiger partial charge in [-0.2, -0.15) is 5.10 Å². The normalized spacial score (nSPS) is 13.8. The van der Waals surface area contributed by atoms with E-state index >= 15 is 0 Å². The van der Waals surface area contributed by atoms with E-state index in [-0.39, 0.29) is 23.0 Å². The molecule has 0 saturated carbocycles. The van der Waals surface area contributed by atoms with Crippen molar-refractivity contribution < 1.29 is 22.7 Å². The highest BCUT2D eigenvalue weighted by molar-refractivity contribution is 5.94. The number of nitrogens with one attached hydrogen (secondary N) is 1. The molecule has 2 aromatic heterocycles. The first kappa shape index (κ1) is 17.8. The number of benzene rings is 1. The summed E-state index contributed by atoms with van der Waals surface area (Å²) in [5, 5.41) is 7.08. The maximum absolute atomic E-state index is 12.5. The van der Waals surface area contributed by atoms with Crippen molar-refractivity contribution in [2.75, 3.05) is 12.3 Å². The number of nitrogens with two attached hydrogens (primary N) is 1. The Hall–Kier alpha value is -3.63.